The van der Waals surface area contributed by atoms with Gasteiger partial charge in [0.15, 0.2) is 17.2 Å². The van der Waals surface area contributed by atoms with Gasteiger partial charge in [-0.25, -0.2) is 0 Å². The van der Waals surface area contributed by atoms with Crippen LogP contribution in [0.15, 0.2) is 54.6 Å². The Hall–Kier alpha value is -2.26. The Bertz CT molecular complexity index is 750. The summed E-state index contributed by atoms with van der Waals surface area (Å²) in [5.74, 6) is -1.57. The molecule has 3 heteroatoms. The van der Waals surface area contributed by atoms with Crippen molar-refractivity contribution in [1.82, 2.24) is 0 Å². The first kappa shape index (κ1) is 12.5. The van der Waals surface area contributed by atoms with Crippen molar-refractivity contribution in [1.29, 1.82) is 0 Å². The van der Waals surface area contributed by atoms with Gasteiger partial charge in [-0.2, -0.15) is 0 Å². The summed E-state index contributed by atoms with van der Waals surface area (Å²) in [4.78, 5) is 25.1. The van der Waals surface area contributed by atoms with Crippen molar-refractivity contribution >= 4 is 11.6 Å². The van der Waals surface area contributed by atoms with Crippen LogP contribution in [0.25, 0.3) is 0 Å². The molecule has 1 saturated carbocycles. The fourth-order valence-electron chi connectivity index (χ4n) is 3.78. The van der Waals surface area contributed by atoms with E-state index in [2.05, 4.69) is 0 Å². The fraction of sp³-hybridized carbons (Fsp3) is 0.222. The second kappa shape index (κ2) is 4.12. The summed E-state index contributed by atoms with van der Waals surface area (Å²) in [5, 5.41) is 11.2. The van der Waals surface area contributed by atoms with Crippen LogP contribution in [0.4, 0.5) is 0 Å². The minimum absolute atomic E-state index is 0.154. The highest BCUT2D eigenvalue weighted by Gasteiger charge is 2.61. The third-order valence-corrected chi connectivity index (χ3v) is 4.79. The van der Waals surface area contributed by atoms with E-state index in [1.54, 1.807) is 24.3 Å². The summed E-state index contributed by atoms with van der Waals surface area (Å²) in [5.41, 5.74) is 0.280. The lowest BCUT2D eigenvalue weighted by atomic mass is 9.74. The van der Waals surface area contributed by atoms with E-state index in [1.165, 1.54) is 0 Å². The highest BCUT2D eigenvalue weighted by molar-refractivity contribution is 6.19. The Kier molecular flexibility index (Phi) is 2.45. The lowest BCUT2D eigenvalue weighted by molar-refractivity contribution is -0.137. The van der Waals surface area contributed by atoms with Crippen molar-refractivity contribution in [2.75, 3.05) is 0 Å². The maximum Gasteiger partial charge on any atom is 0.180 e. The number of carbonyl (C=O) groups is 2. The van der Waals surface area contributed by atoms with Crippen LogP contribution in [0.5, 0.6) is 0 Å². The largest absolute Gasteiger partial charge is 0.377 e. The number of rotatable bonds is 1. The van der Waals surface area contributed by atoms with Gasteiger partial charge in [0, 0.05) is 17.0 Å². The molecule has 2 aromatic carbocycles. The topological polar surface area (TPSA) is 54.4 Å². The summed E-state index contributed by atoms with van der Waals surface area (Å²) in [6.45, 7) is 0. The van der Waals surface area contributed by atoms with Crippen molar-refractivity contribution in [3.63, 3.8) is 0 Å². The van der Waals surface area contributed by atoms with E-state index in [0.29, 0.717) is 17.5 Å². The zero-order valence-corrected chi connectivity index (χ0v) is 11.3. The second-order valence-corrected chi connectivity index (χ2v) is 5.79. The smallest absolute Gasteiger partial charge is 0.180 e. The number of aliphatic hydroxyl groups is 1. The van der Waals surface area contributed by atoms with E-state index in [4.69, 9.17) is 0 Å². The molecule has 0 amide bonds. The third kappa shape index (κ3) is 1.47. The molecule has 21 heavy (non-hydrogen) atoms. The number of ketones is 2. The molecule has 4 rings (SSSR count). The van der Waals surface area contributed by atoms with Crippen LogP contribution >= 0.6 is 0 Å². The van der Waals surface area contributed by atoms with Gasteiger partial charge in [-0.3, -0.25) is 9.59 Å². The number of benzene rings is 2. The third-order valence-electron chi connectivity index (χ3n) is 4.79. The van der Waals surface area contributed by atoms with Gasteiger partial charge in [0.05, 0.1) is 5.92 Å². The SMILES string of the molecule is O=C1c2ccccc2[C@@]2(O)C(=O)[C@@H]1C[C@@H]2c1ccccc1. The molecule has 104 valence electrons. The van der Waals surface area contributed by atoms with Gasteiger partial charge >= 0.3 is 0 Å². The van der Waals surface area contributed by atoms with E-state index in [0.717, 1.165) is 5.56 Å². The lowest BCUT2D eigenvalue weighted by Gasteiger charge is -2.32. The Balaban J connectivity index is 1.97. The van der Waals surface area contributed by atoms with Gasteiger partial charge in [0.1, 0.15) is 0 Å². The highest BCUT2D eigenvalue weighted by Crippen LogP contribution is 2.54. The number of hydrogen-bond acceptors (Lipinski definition) is 3. The molecule has 2 aliphatic carbocycles. The molecule has 2 aliphatic rings. The fourth-order valence-corrected chi connectivity index (χ4v) is 3.78. The molecule has 2 aromatic rings. The summed E-state index contributed by atoms with van der Waals surface area (Å²) in [6, 6.07) is 16.4. The van der Waals surface area contributed by atoms with Crippen LogP contribution in [0.3, 0.4) is 0 Å². The molecule has 0 radical (unpaired) electrons. The zero-order valence-electron chi connectivity index (χ0n) is 11.3. The van der Waals surface area contributed by atoms with Crippen molar-refractivity contribution in [3.8, 4) is 0 Å². The van der Waals surface area contributed by atoms with Crippen molar-refractivity contribution in [2.24, 2.45) is 5.92 Å². The van der Waals surface area contributed by atoms with Gasteiger partial charge in [-0.1, -0.05) is 54.6 Å². The van der Waals surface area contributed by atoms with Crippen LogP contribution in [0.1, 0.15) is 33.8 Å². The Morgan fingerprint density at radius 1 is 0.952 bits per heavy atom. The second-order valence-electron chi connectivity index (χ2n) is 5.79. The van der Waals surface area contributed by atoms with Crippen molar-refractivity contribution in [3.05, 3.63) is 71.3 Å². The zero-order chi connectivity index (χ0) is 14.6. The Morgan fingerprint density at radius 3 is 2.38 bits per heavy atom. The molecular formula is C18H14O3. The van der Waals surface area contributed by atoms with E-state index >= 15 is 0 Å². The van der Waals surface area contributed by atoms with Crippen molar-refractivity contribution < 1.29 is 14.7 Å². The molecule has 2 bridgehead atoms. The van der Waals surface area contributed by atoms with Gasteiger partial charge in [-0.15, -0.1) is 0 Å². The normalized spacial score (nSPS) is 30.3. The molecule has 0 spiro atoms. The average Bonchev–Trinajstić information content (AvgIpc) is 2.75. The highest BCUT2D eigenvalue weighted by atomic mass is 16.3. The average molecular weight is 278 g/mol. The summed E-state index contributed by atoms with van der Waals surface area (Å²) >= 11 is 0. The van der Waals surface area contributed by atoms with E-state index in [9.17, 15) is 14.7 Å². The van der Waals surface area contributed by atoms with Crippen LogP contribution in [0.2, 0.25) is 0 Å². The molecule has 3 atom stereocenters. The molecule has 0 aromatic heterocycles. The van der Waals surface area contributed by atoms with E-state index in [-0.39, 0.29) is 17.5 Å². The predicted molar refractivity (Wildman–Crippen MR) is 77.0 cm³/mol. The maximum atomic E-state index is 12.6. The minimum atomic E-state index is -1.57. The molecule has 0 heterocycles. The number of hydrogen-bond donors (Lipinski definition) is 1. The Labute approximate surface area is 122 Å². The maximum absolute atomic E-state index is 12.6. The van der Waals surface area contributed by atoms with E-state index in [1.807, 2.05) is 30.3 Å². The molecule has 1 N–H and O–H groups in total. The van der Waals surface area contributed by atoms with Gasteiger partial charge < -0.3 is 5.11 Å². The van der Waals surface area contributed by atoms with Crippen LogP contribution in [0, 0.1) is 5.92 Å². The summed E-state index contributed by atoms with van der Waals surface area (Å²) in [6.07, 6.45) is 0.382. The first-order chi connectivity index (χ1) is 10.1. The van der Waals surface area contributed by atoms with Gasteiger partial charge in [-0.05, 0) is 12.0 Å². The minimum Gasteiger partial charge on any atom is -0.377 e. The standard InChI is InChI=1S/C18H14O3/c19-16-12-8-4-5-9-14(12)18(21)15(10-13(16)17(18)20)11-6-2-1-3-7-11/h1-9,13,15,21H,10H2/t13-,15-,18+/m1/s1. The first-order valence-corrected chi connectivity index (χ1v) is 7.09. The number of carbonyl (C=O) groups excluding carboxylic acids is 2. The molecule has 0 unspecified atom stereocenters. The molecule has 1 fully saturated rings. The molecular weight excluding hydrogens is 264 g/mol. The van der Waals surface area contributed by atoms with E-state index < -0.39 is 11.5 Å². The predicted octanol–water partition coefficient (Wildman–Crippen LogP) is 2.44. The monoisotopic (exact) mass is 278 g/mol. The summed E-state index contributed by atoms with van der Waals surface area (Å²) < 4.78 is 0. The van der Waals surface area contributed by atoms with Crippen molar-refractivity contribution in [2.45, 2.75) is 17.9 Å². The number of fused-ring (bicyclic) bond motifs is 4. The van der Waals surface area contributed by atoms with Crippen LogP contribution < -0.4 is 0 Å². The molecule has 0 saturated heterocycles. The Morgan fingerprint density at radius 2 is 1.62 bits per heavy atom. The lowest BCUT2D eigenvalue weighted by Crippen LogP contribution is -2.43. The van der Waals surface area contributed by atoms with Crippen LogP contribution in [-0.2, 0) is 10.4 Å². The number of Topliss-reactive ketones (excluding diaryl/α,β-unsaturated/α-hetero) is 2. The van der Waals surface area contributed by atoms with Crippen LogP contribution in [-0.4, -0.2) is 16.7 Å². The van der Waals surface area contributed by atoms with Gasteiger partial charge in [0.25, 0.3) is 0 Å². The molecule has 0 aliphatic heterocycles. The molecule has 3 nitrogen and oxygen atoms in total. The first-order valence-electron chi connectivity index (χ1n) is 7.09. The van der Waals surface area contributed by atoms with Gasteiger partial charge in [0.2, 0.25) is 0 Å². The quantitative estimate of drug-likeness (QED) is 0.815. The summed E-state index contributed by atoms with van der Waals surface area (Å²) in [7, 11) is 0.